The van der Waals surface area contributed by atoms with Crippen molar-refractivity contribution in [2.45, 2.75) is 31.1 Å². The SMILES string of the molecule is CCCCSc1nnc2c(n1)O[C@H](c1ccc3ccccc3c1)Nc1ccccc1-2. The van der Waals surface area contributed by atoms with E-state index < -0.39 is 0 Å². The summed E-state index contributed by atoms with van der Waals surface area (Å²) in [6.45, 7) is 2.18. The Balaban J connectivity index is 1.56. The van der Waals surface area contributed by atoms with Crippen molar-refractivity contribution in [1.29, 1.82) is 0 Å². The van der Waals surface area contributed by atoms with Crippen molar-refractivity contribution in [2.24, 2.45) is 0 Å². The van der Waals surface area contributed by atoms with Crippen LogP contribution in [-0.4, -0.2) is 20.9 Å². The Labute approximate surface area is 179 Å². The van der Waals surface area contributed by atoms with Gasteiger partial charge in [-0.3, -0.25) is 0 Å². The average Bonchev–Trinajstić information content (AvgIpc) is 2.95. The molecule has 1 aliphatic rings. The summed E-state index contributed by atoms with van der Waals surface area (Å²) in [5, 5.41) is 15.4. The molecule has 0 bridgehead atoms. The lowest BCUT2D eigenvalue weighted by atomic mass is 10.1. The highest BCUT2D eigenvalue weighted by Crippen LogP contribution is 2.39. The van der Waals surface area contributed by atoms with Crippen molar-refractivity contribution in [3.05, 3.63) is 72.3 Å². The number of unbranched alkanes of at least 4 members (excludes halogenated alkanes) is 1. The second-order valence-electron chi connectivity index (χ2n) is 7.24. The maximum absolute atomic E-state index is 6.38. The summed E-state index contributed by atoms with van der Waals surface area (Å²) in [5.41, 5.74) is 3.61. The highest BCUT2D eigenvalue weighted by Gasteiger charge is 2.26. The number of fused-ring (bicyclic) bond motifs is 4. The molecule has 1 aliphatic heterocycles. The van der Waals surface area contributed by atoms with E-state index >= 15 is 0 Å². The van der Waals surface area contributed by atoms with Gasteiger partial charge in [-0.2, -0.15) is 4.98 Å². The summed E-state index contributed by atoms with van der Waals surface area (Å²) in [6.07, 6.45) is 1.89. The van der Waals surface area contributed by atoms with Gasteiger partial charge in [-0.05, 0) is 29.3 Å². The molecule has 0 unspecified atom stereocenters. The Morgan fingerprint density at radius 2 is 1.80 bits per heavy atom. The Kier molecular flexibility index (Phi) is 5.24. The van der Waals surface area contributed by atoms with E-state index in [0.717, 1.165) is 35.4 Å². The molecular weight excluding hydrogens is 392 g/mol. The summed E-state index contributed by atoms with van der Waals surface area (Å²) in [5.74, 6) is 1.49. The van der Waals surface area contributed by atoms with E-state index in [9.17, 15) is 0 Å². The fourth-order valence-electron chi connectivity index (χ4n) is 3.54. The second-order valence-corrected chi connectivity index (χ2v) is 8.31. The van der Waals surface area contributed by atoms with Gasteiger partial charge < -0.3 is 10.1 Å². The van der Waals surface area contributed by atoms with Crippen LogP contribution in [0.2, 0.25) is 0 Å². The average molecular weight is 415 g/mol. The smallest absolute Gasteiger partial charge is 0.247 e. The summed E-state index contributed by atoms with van der Waals surface area (Å²) in [6, 6.07) is 22.8. The Morgan fingerprint density at radius 3 is 2.70 bits per heavy atom. The second kappa shape index (κ2) is 8.32. The van der Waals surface area contributed by atoms with E-state index in [1.54, 1.807) is 11.8 Å². The van der Waals surface area contributed by atoms with Crippen molar-refractivity contribution in [3.8, 4) is 17.1 Å². The van der Waals surface area contributed by atoms with Crippen molar-refractivity contribution < 1.29 is 4.74 Å². The molecule has 4 aromatic rings. The Morgan fingerprint density at radius 1 is 0.967 bits per heavy atom. The number of benzene rings is 3. The van der Waals surface area contributed by atoms with E-state index in [1.807, 2.05) is 24.3 Å². The first kappa shape index (κ1) is 18.9. The number of hydrogen-bond acceptors (Lipinski definition) is 6. The van der Waals surface area contributed by atoms with Gasteiger partial charge in [0.2, 0.25) is 11.0 Å². The third kappa shape index (κ3) is 3.71. The fourth-order valence-corrected chi connectivity index (χ4v) is 4.40. The Hall–Kier alpha value is -3.12. The molecule has 5 nitrogen and oxygen atoms in total. The molecular formula is C24H22N4OS. The van der Waals surface area contributed by atoms with E-state index in [1.165, 1.54) is 10.8 Å². The maximum Gasteiger partial charge on any atom is 0.247 e. The standard InChI is InChI=1S/C24H22N4OS/c1-2-3-14-30-24-26-23-21(27-28-24)19-10-6-7-11-20(19)25-22(29-23)18-13-12-16-8-4-5-9-17(16)15-18/h4-13,15,22,25H,2-3,14H2,1H3/t22-/m1/s1. The minimum Gasteiger partial charge on any atom is -0.448 e. The largest absolute Gasteiger partial charge is 0.448 e. The minimum absolute atomic E-state index is 0.373. The quantitative estimate of drug-likeness (QED) is 0.315. The minimum atomic E-state index is -0.373. The number of aromatic nitrogens is 3. The molecule has 0 fully saturated rings. The number of para-hydroxylation sites is 1. The van der Waals surface area contributed by atoms with Gasteiger partial charge in [-0.25, -0.2) is 0 Å². The van der Waals surface area contributed by atoms with Crippen LogP contribution in [0.25, 0.3) is 22.0 Å². The molecule has 3 aromatic carbocycles. The van der Waals surface area contributed by atoms with Gasteiger partial charge >= 0.3 is 0 Å². The third-order valence-corrected chi connectivity index (χ3v) is 6.06. The molecule has 5 rings (SSSR count). The lowest BCUT2D eigenvalue weighted by Crippen LogP contribution is -2.17. The predicted octanol–water partition coefficient (Wildman–Crippen LogP) is 6.09. The van der Waals surface area contributed by atoms with Gasteiger partial charge in [-0.1, -0.05) is 79.7 Å². The molecule has 150 valence electrons. The maximum atomic E-state index is 6.38. The number of ether oxygens (including phenoxy) is 1. The molecule has 2 heterocycles. The van der Waals surface area contributed by atoms with Crippen LogP contribution in [0.5, 0.6) is 5.88 Å². The number of hydrogen-bond donors (Lipinski definition) is 1. The van der Waals surface area contributed by atoms with Gasteiger partial charge in [0.25, 0.3) is 0 Å². The molecule has 0 saturated carbocycles. The van der Waals surface area contributed by atoms with E-state index in [0.29, 0.717) is 16.7 Å². The molecule has 0 saturated heterocycles. The first-order valence-electron chi connectivity index (χ1n) is 10.2. The van der Waals surface area contributed by atoms with Crippen LogP contribution in [-0.2, 0) is 0 Å². The van der Waals surface area contributed by atoms with Gasteiger partial charge in [-0.15, -0.1) is 10.2 Å². The molecule has 0 spiro atoms. The highest BCUT2D eigenvalue weighted by molar-refractivity contribution is 7.99. The fraction of sp³-hybridized carbons (Fsp3) is 0.208. The first-order valence-corrected chi connectivity index (χ1v) is 11.2. The van der Waals surface area contributed by atoms with E-state index in [-0.39, 0.29) is 6.23 Å². The third-order valence-electron chi connectivity index (χ3n) is 5.14. The van der Waals surface area contributed by atoms with Gasteiger partial charge in [0.15, 0.2) is 11.9 Å². The van der Waals surface area contributed by atoms with Crippen LogP contribution in [0, 0.1) is 0 Å². The number of anilines is 1. The monoisotopic (exact) mass is 414 g/mol. The molecule has 1 N–H and O–H groups in total. The van der Waals surface area contributed by atoms with E-state index in [2.05, 4.69) is 64.9 Å². The molecule has 0 aliphatic carbocycles. The first-order chi connectivity index (χ1) is 14.8. The van der Waals surface area contributed by atoms with Gasteiger partial charge in [0.1, 0.15) is 0 Å². The number of rotatable bonds is 5. The molecule has 30 heavy (non-hydrogen) atoms. The predicted molar refractivity (Wildman–Crippen MR) is 122 cm³/mol. The van der Waals surface area contributed by atoms with Crippen LogP contribution in [0.1, 0.15) is 31.6 Å². The summed E-state index contributed by atoms with van der Waals surface area (Å²) >= 11 is 1.62. The van der Waals surface area contributed by atoms with Crippen molar-refractivity contribution in [1.82, 2.24) is 15.2 Å². The molecule has 6 heteroatoms. The zero-order valence-electron chi connectivity index (χ0n) is 16.7. The van der Waals surface area contributed by atoms with Crippen molar-refractivity contribution in [2.75, 3.05) is 11.1 Å². The number of nitrogens with zero attached hydrogens (tertiary/aromatic N) is 3. The number of nitrogens with one attached hydrogen (secondary N) is 1. The molecule has 0 radical (unpaired) electrons. The highest BCUT2D eigenvalue weighted by atomic mass is 32.2. The summed E-state index contributed by atoms with van der Waals surface area (Å²) in [4.78, 5) is 4.71. The van der Waals surface area contributed by atoms with Gasteiger partial charge in [0, 0.05) is 22.6 Å². The van der Waals surface area contributed by atoms with Crippen LogP contribution in [0.4, 0.5) is 5.69 Å². The van der Waals surface area contributed by atoms with Gasteiger partial charge in [0.05, 0.1) is 0 Å². The van der Waals surface area contributed by atoms with Crippen LogP contribution < -0.4 is 10.1 Å². The lowest BCUT2D eigenvalue weighted by Gasteiger charge is -2.19. The summed E-state index contributed by atoms with van der Waals surface area (Å²) in [7, 11) is 0. The number of thioether (sulfide) groups is 1. The van der Waals surface area contributed by atoms with Crippen LogP contribution >= 0.6 is 11.8 Å². The van der Waals surface area contributed by atoms with E-state index in [4.69, 9.17) is 9.72 Å². The van der Waals surface area contributed by atoms with Crippen LogP contribution in [0.3, 0.4) is 0 Å². The van der Waals surface area contributed by atoms with Crippen molar-refractivity contribution in [3.63, 3.8) is 0 Å². The topological polar surface area (TPSA) is 59.9 Å². The van der Waals surface area contributed by atoms with Crippen LogP contribution in [0.15, 0.2) is 71.9 Å². The zero-order chi connectivity index (χ0) is 20.3. The normalized spacial score (nSPS) is 14.9. The van der Waals surface area contributed by atoms with Crippen molar-refractivity contribution >= 4 is 28.2 Å². The molecule has 1 atom stereocenters. The zero-order valence-corrected chi connectivity index (χ0v) is 17.5. The summed E-state index contributed by atoms with van der Waals surface area (Å²) < 4.78 is 6.38. The molecule has 0 amide bonds. The molecule has 1 aromatic heterocycles. The lowest BCUT2D eigenvalue weighted by molar-refractivity contribution is 0.225. The Bertz CT molecular complexity index is 1200.